The monoisotopic (exact) mass is 322 g/mol. The fourth-order valence-corrected chi connectivity index (χ4v) is 3.44. The van der Waals surface area contributed by atoms with Gasteiger partial charge in [-0.2, -0.15) is 5.10 Å². The van der Waals surface area contributed by atoms with E-state index >= 15 is 0 Å². The molecule has 3 rings (SSSR count). The minimum Gasteiger partial charge on any atom is -0.389 e. The maximum atomic E-state index is 11.9. The molecule has 2 saturated heterocycles. The Hall–Kier alpha value is -1.44. The van der Waals surface area contributed by atoms with Crippen LogP contribution in [0.1, 0.15) is 23.2 Å². The maximum absolute atomic E-state index is 11.9. The summed E-state index contributed by atoms with van der Waals surface area (Å²) in [6.07, 6.45) is 5.30. The third-order valence-corrected chi connectivity index (χ3v) is 4.87. The number of nitrogens with zero attached hydrogens (tertiary/aromatic N) is 4. The van der Waals surface area contributed by atoms with Gasteiger partial charge in [0, 0.05) is 26.8 Å². The van der Waals surface area contributed by atoms with Gasteiger partial charge in [0.15, 0.2) is 0 Å². The minimum atomic E-state index is -0.350. The number of ether oxygens (including phenoxy) is 1. The third kappa shape index (κ3) is 3.73. The number of likely N-dealkylation sites (tertiary alicyclic amines) is 1. The Balaban J connectivity index is 1.50. The minimum absolute atomic E-state index is 0.0127. The summed E-state index contributed by atoms with van der Waals surface area (Å²) in [7, 11) is 3.49. The summed E-state index contributed by atoms with van der Waals surface area (Å²) in [5, 5.41) is 14.2. The highest BCUT2D eigenvalue weighted by Crippen LogP contribution is 2.23. The molecule has 0 spiro atoms. The molecule has 1 amide bonds. The lowest BCUT2D eigenvalue weighted by molar-refractivity contribution is 0.0559. The van der Waals surface area contributed by atoms with E-state index in [0.29, 0.717) is 24.7 Å². The Labute approximate surface area is 136 Å². The van der Waals surface area contributed by atoms with E-state index in [-0.39, 0.29) is 18.1 Å². The molecule has 0 aromatic carbocycles. The van der Waals surface area contributed by atoms with Crippen molar-refractivity contribution >= 4 is 5.91 Å². The van der Waals surface area contributed by atoms with E-state index in [0.717, 1.165) is 32.5 Å². The van der Waals surface area contributed by atoms with Crippen LogP contribution in [0, 0.1) is 5.92 Å². The molecule has 2 atom stereocenters. The molecular weight excluding hydrogens is 296 g/mol. The highest BCUT2D eigenvalue weighted by Gasteiger charge is 2.33. The lowest BCUT2D eigenvalue weighted by atomic mass is 9.95. The molecule has 2 fully saturated rings. The number of amides is 1. The molecule has 2 aliphatic rings. The van der Waals surface area contributed by atoms with Crippen molar-refractivity contribution in [3.63, 3.8) is 0 Å². The van der Waals surface area contributed by atoms with Gasteiger partial charge in [0.25, 0.3) is 5.91 Å². The first-order chi connectivity index (χ1) is 11.0. The van der Waals surface area contributed by atoms with E-state index in [2.05, 4.69) is 10.00 Å². The van der Waals surface area contributed by atoms with Crippen LogP contribution < -0.4 is 0 Å². The number of aliphatic hydroxyl groups is 1. The average molecular weight is 322 g/mol. The SMILES string of the molecule is CN(C)C(=O)c1cnn(CC2CCN([C@H]3COC[C@H]3O)CC2)c1. The van der Waals surface area contributed by atoms with Crippen LogP contribution in [0.2, 0.25) is 0 Å². The number of carbonyl (C=O) groups excluding carboxylic acids is 1. The van der Waals surface area contributed by atoms with Gasteiger partial charge in [0.05, 0.1) is 37.1 Å². The van der Waals surface area contributed by atoms with Crippen LogP contribution in [0.5, 0.6) is 0 Å². The van der Waals surface area contributed by atoms with Crippen LogP contribution in [0.4, 0.5) is 0 Å². The second-order valence-corrected chi connectivity index (χ2v) is 6.80. The molecule has 128 valence electrons. The van der Waals surface area contributed by atoms with Crippen LogP contribution in [-0.4, -0.2) is 83.1 Å². The third-order valence-electron chi connectivity index (χ3n) is 4.87. The summed E-state index contributed by atoms with van der Waals surface area (Å²) < 4.78 is 7.23. The van der Waals surface area contributed by atoms with Gasteiger partial charge in [-0.15, -0.1) is 0 Å². The first-order valence-corrected chi connectivity index (χ1v) is 8.28. The molecule has 1 aromatic rings. The van der Waals surface area contributed by atoms with Crippen LogP contribution in [-0.2, 0) is 11.3 Å². The molecule has 1 N–H and O–H groups in total. The summed E-state index contributed by atoms with van der Waals surface area (Å²) in [6, 6.07) is 0.157. The van der Waals surface area contributed by atoms with Crippen LogP contribution in [0.3, 0.4) is 0 Å². The molecule has 23 heavy (non-hydrogen) atoms. The summed E-state index contributed by atoms with van der Waals surface area (Å²) in [5.74, 6) is 0.550. The Kier molecular flexibility index (Phi) is 4.99. The smallest absolute Gasteiger partial charge is 0.256 e. The van der Waals surface area contributed by atoms with E-state index in [1.807, 2.05) is 10.9 Å². The van der Waals surface area contributed by atoms with Crippen molar-refractivity contribution in [3.05, 3.63) is 18.0 Å². The zero-order valence-corrected chi connectivity index (χ0v) is 13.9. The largest absolute Gasteiger partial charge is 0.389 e. The molecule has 7 heteroatoms. The molecule has 3 heterocycles. The van der Waals surface area contributed by atoms with Crippen LogP contribution in [0.25, 0.3) is 0 Å². The second kappa shape index (κ2) is 6.98. The van der Waals surface area contributed by atoms with Gasteiger partial charge in [-0.25, -0.2) is 0 Å². The Morgan fingerprint density at radius 1 is 1.39 bits per heavy atom. The molecular formula is C16H26N4O3. The number of carbonyl (C=O) groups is 1. The van der Waals surface area contributed by atoms with Crippen molar-refractivity contribution in [3.8, 4) is 0 Å². The fraction of sp³-hybridized carbons (Fsp3) is 0.750. The maximum Gasteiger partial charge on any atom is 0.256 e. The lowest BCUT2D eigenvalue weighted by Crippen LogP contribution is -2.47. The van der Waals surface area contributed by atoms with Gasteiger partial charge in [0.1, 0.15) is 0 Å². The molecule has 2 aliphatic heterocycles. The van der Waals surface area contributed by atoms with Crippen LogP contribution >= 0.6 is 0 Å². The Morgan fingerprint density at radius 2 is 2.13 bits per heavy atom. The van der Waals surface area contributed by atoms with Crippen molar-refractivity contribution in [2.24, 2.45) is 5.92 Å². The van der Waals surface area contributed by atoms with Gasteiger partial charge in [-0.1, -0.05) is 0 Å². The van der Waals surface area contributed by atoms with Gasteiger partial charge in [-0.3, -0.25) is 14.4 Å². The van der Waals surface area contributed by atoms with E-state index < -0.39 is 0 Å². The van der Waals surface area contributed by atoms with E-state index in [1.54, 1.807) is 25.2 Å². The van der Waals surface area contributed by atoms with E-state index in [1.165, 1.54) is 0 Å². The fourth-order valence-electron chi connectivity index (χ4n) is 3.44. The Morgan fingerprint density at radius 3 is 2.74 bits per heavy atom. The molecule has 0 aliphatic carbocycles. The van der Waals surface area contributed by atoms with Gasteiger partial charge in [-0.05, 0) is 31.8 Å². The zero-order chi connectivity index (χ0) is 16.4. The molecule has 7 nitrogen and oxygen atoms in total. The first kappa shape index (κ1) is 16.4. The van der Waals surface area contributed by atoms with E-state index in [9.17, 15) is 9.90 Å². The quantitative estimate of drug-likeness (QED) is 0.849. The highest BCUT2D eigenvalue weighted by atomic mass is 16.5. The van der Waals surface area contributed by atoms with Crippen molar-refractivity contribution in [1.82, 2.24) is 19.6 Å². The lowest BCUT2D eigenvalue weighted by Gasteiger charge is -2.36. The van der Waals surface area contributed by atoms with Crippen molar-refractivity contribution in [1.29, 1.82) is 0 Å². The molecule has 0 unspecified atom stereocenters. The predicted octanol–water partition coefficient (Wildman–Crippen LogP) is 0.0566. The molecule has 1 aromatic heterocycles. The first-order valence-electron chi connectivity index (χ1n) is 8.28. The van der Waals surface area contributed by atoms with Crippen molar-refractivity contribution in [2.75, 3.05) is 40.4 Å². The normalized spacial score (nSPS) is 26.6. The molecule has 0 bridgehead atoms. The number of aliphatic hydroxyl groups excluding tert-OH is 1. The van der Waals surface area contributed by atoms with Gasteiger partial charge >= 0.3 is 0 Å². The predicted molar refractivity (Wildman–Crippen MR) is 85.2 cm³/mol. The molecule has 0 saturated carbocycles. The van der Waals surface area contributed by atoms with Crippen molar-refractivity contribution < 1.29 is 14.6 Å². The van der Waals surface area contributed by atoms with Gasteiger partial charge < -0.3 is 14.7 Å². The van der Waals surface area contributed by atoms with Crippen LogP contribution in [0.15, 0.2) is 12.4 Å². The number of piperidine rings is 1. The summed E-state index contributed by atoms with van der Waals surface area (Å²) in [4.78, 5) is 15.8. The number of rotatable bonds is 4. The summed E-state index contributed by atoms with van der Waals surface area (Å²) in [5.41, 5.74) is 0.638. The number of hydrogen-bond acceptors (Lipinski definition) is 5. The van der Waals surface area contributed by atoms with Gasteiger partial charge in [0.2, 0.25) is 0 Å². The second-order valence-electron chi connectivity index (χ2n) is 6.80. The zero-order valence-electron chi connectivity index (χ0n) is 13.9. The van der Waals surface area contributed by atoms with E-state index in [4.69, 9.17) is 4.74 Å². The summed E-state index contributed by atoms with van der Waals surface area (Å²) >= 11 is 0. The average Bonchev–Trinajstić information content (AvgIpc) is 3.16. The topological polar surface area (TPSA) is 70.8 Å². The number of aromatic nitrogens is 2. The summed E-state index contributed by atoms with van der Waals surface area (Å²) in [6.45, 7) is 3.92. The molecule has 0 radical (unpaired) electrons. The Bertz CT molecular complexity index is 537. The number of hydrogen-bond donors (Lipinski definition) is 1. The highest BCUT2D eigenvalue weighted by molar-refractivity contribution is 5.93. The van der Waals surface area contributed by atoms with Crippen molar-refractivity contribution in [2.45, 2.75) is 31.5 Å². The standard InChI is InChI=1S/C16H26N4O3/c1-18(2)16(22)13-7-17-20(9-13)8-12-3-5-19(6-4-12)14-10-23-11-15(14)21/h7,9,12,14-15,21H,3-6,8,10-11H2,1-2H3/t14-,15+/m0/s1.